The zero-order valence-corrected chi connectivity index (χ0v) is 19.7. The fourth-order valence-corrected chi connectivity index (χ4v) is 5.64. The molecular weight excluding hydrogens is 466 g/mol. The van der Waals surface area contributed by atoms with Crippen molar-refractivity contribution in [3.05, 3.63) is 70.7 Å². The lowest BCUT2D eigenvalue weighted by atomic mass is 9.86. The summed E-state index contributed by atoms with van der Waals surface area (Å²) in [7, 11) is 0. The molecule has 0 aliphatic heterocycles. The predicted molar refractivity (Wildman–Crippen MR) is 132 cm³/mol. The van der Waals surface area contributed by atoms with Gasteiger partial charge in [0.15, 0.2) is 5.13 Å². The third-order valence-electron chi connectivity index (χ3n) is 6.65. The molecule has 2 aliphatic carbocycles. The quantitative estimate of drug-likeness (QED) is 0.453. The van der Waals surface area contributed by atoms with Gasteiger partial charge < -0.3 is 15.2 Å². The zero-order chi connectivity index (χ0) is 24.4. The summed E-state index contributed by atoms with van der Waals surface area (Å²) in [6, 6.07) is 16.0. The van der Waals surface area contributed by atoms with Gasteiger partial charge in [-0.3, -0.25) is 14.9 Å². The first kappa shape index (κ1) is 23.0. The van der Waals surface area contributed by atoms with E-state index in [1.54, 1.807) is 5.38 Å². The van der Waals surface area contributed by atoms with E-state index in [2.05, 4.69) is 39.9 Å². The SMILES string of the molecule is O=C(Nc1nc(C(=O)N[C@@H]2CCC[C@H](C(=O)O)C2)cs1)OCC1c2ccccc2-c2ccccc21. The standard InChI is InChI=1S/C26H25N3O5S/c30-23(27-16-7-5-6-15(12-16)24(31)32)22-14-35-25(28-22)29-26(33)34-13-21-19-10-3-1-8-17(19)18-9-2-4-11-20(18)21/h1-4,8-11,14-16,21H,5-7,12-13H2,(H,27,30)(H,31,32)(H,28,29,33)/t15-,16+/m0/s1. The fraction of sp³-hybridized carbons (Fsp3) is 0.308. The maximum atomic E-state index is 12.6. The van der Waals surface area contributed by atoms with E-state index in [9.17, 15) is 19.5 Å². The average Bonchev–Trinajstić information content (AvgIpc) is 3.46. The number of aliphatic carboxylic acids is 1. The summed E-state index contributed by atoms with van der Waals surface area (Å²) in [5.41, 5.74) is 4.74. The van der Waals surface area contributed by atoms with E-state index in [-0.39, 0.29) is 35.3 Å². The highest BCUT2D eigenvalue weighted by Gasteiger charge is 2.30. The lowest BCUT2D eigenvalue weighted by Crippen LogP contribution is -2.40. The van der Waals surface area contributed by atoms with Crippen molar-refractivity contribution >= 4 is 34.4 Å². The van der Waals surface area contributed by atoms with E-state index in [0.717, 1.165) is 46.4 Å². The van der Waals surface area contributed by atoms with Crippen LogP contribution in [0.1, 0.15) is 53.2 Å². The summed E-state index contributed by atoms with van der Waals surface area (Å²) in [6.07, 6.45) is 1.91. The molecule has 2 amide bonds. The third-order valence-corrected chi connectivity index (χ3v) is 7.41. The molecule has 3 N–H and O–H groups in total. The Morgan fingerprint density at radius 1 is 1.03 bits per heavy atom. The van der Waals surface area contributed by atoms with E-state index in [4.69, 9.17) is 4.74 Å². The number of carboxylic acid groups (broad SMARTS) is 1. The van der Waals surface area contributed by atoms with Gasteiger partial charge in [-0.25, -0.2) is 9.78 Å². The number of carboxylic acids is 1. The molecule has 2 aromatic carbocycles. The van der Waals surface area contributed by atoms with Gasteiger partial charge in [0.1, 0.15) is 12.3 Å². The van der Waals surface area contributed by atoms with E-state index in [0.29, 0.717) is 12.8 Å². The fourth-order valence-electron chi connectivity index (χ4n) is 4.96. The summed E-state index contributed by atoms with van der Waals surface area (Å²) >= 11 is 1.13. The van der Waals surface area contributed by atoms with Crippen molar-refractivity contribution < 1.29 is 24.2 Å². The van der Waals surface area contributed by atoms with Gasteiger partial charge in [-0.1, -0.05) is 55.0 Å². The van der Waals surface area contributed by atoms with E-state index in [1.165, 1.54) is 0 Å². The summed E-state index contributed by atoms with van der Waals surface area (Å²) < 4.78 is 5.53. The Kier molecular flexibility index (Phi) is 6.50. The minimum absolute atomic E-state index is 0.0455. The molecule has 0 unspecified atom stereocenters. The molecule has 2 atom stereocenters. The van der Waals surface area contributed by atoms with Crippen LogP contribution in [0.3, 0.4) is 0 Å². The number of nitrogens with one attached hydrogen (secondary N) is 2. The van der Waals surface area contributed by atoms with Crippen LogP contribution in [-0.2, 0) is 9.53 Å². The molecule has 8 nitrogen and oxygen atoms in total. The molecule has 1 saturated carbocycles. The second-order valence-corrected chi connectivity index (χ2v) is 9.72. The number of anilines is 1. The molecule has 35 heavy (non-hydrogen) atoms. The Balaban J connectivity index is 1.17. The number of hydrogen-bond acceptors (Lipinski definition) is 6. The number of hydrogen-bond donors (Lipinski definition) is 3. The lowest BCUT2D eigenvalue weighted by molar-refractivity contribution is -0.143. The first-order chi connectivity index (χ1) is 17.0. The maximum Gasteiger partial charge on any atom is 0.413 e. The molecule has 2 aliphatic rings. The van der Waals surface area contributed by atoms with Crippen molar-refractivity contribution in [1.82, 2.24) is 10.3 Å². The molecule has 0 saturated heterocycles. The van der Waals surface area contributed by atoms with Crippen LogP contribution in [0.4, 0.5) is 9.93 Å². The van der Waals surface area contributed by atoms with Crippen LogP contribution in [0.25, 0.3) is 11.1 Å². The Bertz CT molecular complexity index is 1230. The molecule has 180 valence electrons. The van der Waals surface area contributed by atoms with Gasteiger partial charge in [0.2, 0.25) is 0 Å². The van der Waals surface area contributed by atoms with Crippen molar-refractivity contribution in [3.8, 4) is 11.1 Å². The van der Waals surface area contributed by atoms with E-state index >= 15 is 0 Å². The first-order valence-electron chi connectivity index (χ1n) is 11.6. The van der Waals surface area contributed by atoms with Crippen molar-refractivity contribution in [3.63, 3.8) is 0 Å². The second-order valence-electron chi connectivity index (χ2n) is 8.86. The molecule has 3 aromatic rings. The summed E-state index contributed by atoms with van der Waals surface area (Å²) in [5, 5.41) is 16.5. The van der Waals surface area contributed by atoms with E-state index < -0.39 is 18.0 Å². The van der Waals surface area contributed by atoms with Crippen LogP contribution in [0.2, 0.25) is 0 Å². The Hall–Kier alpha value is -3.72. The molecule has 5 rings (SSSR count). The zero-order valence-electron chi connectivity index (χ0n) is 18.9. The van der Waals surface area contributed by atoms with Crippen LogP contribution in [-0.4, -0.2) is 40.7 Å². The topological polar surface area (TPSA) is 118 Å². The highest BCUT2D eigenvalue weighted by molar-refractivity contribution is 7.14. The van der Waals surface area contributed by atoms with Crippen LogP contribution in [0, 0.1) is 5.92 Å². The lowest BCUT2D eigenvalue weighted by Gasteiger charge is -2.27. The summed E-state index contributed by atoms with van der Waals surface area (Å²) in [4.78, 5) is 40.5. The number of carbonyl (C=O) groups is 3. The molecule has 1 aromatic heterocycles. The van der Waals surface area contributed by atoms with Crippen molar-refractivity contribution in [1.29, 1.82) is 0 Å². The summed E-state index contributed by atoms with van der Waals surface area (Å²) in [5.74, 6) is -1.68. The van der Waals surface area contributed by atoms with Gasteiger partial charge >= 0.3 is 12.1 Å². The molecular formula is C26H25N3O5S. The molecule has 1 fully saturated rings. The third kappa shape index (κ3) is 4.90. The number of rotatable bonds is 6. The smallest absolute Gasteiger partial charge is 0.413 e. The van der Waals surface area contributed by atoms with Crippen LogP contribution in [0.5, 0.6) is 0 Å². The number of thiazole rings is 1. The molecule has 0 bridgehead atoms. The van der Waals surface area contributed by atoms with E-state index in [1.807, 2.05) is 24.3 Å². The number of carbonyl (C=O) groups excluding carboxylic acids is 2. The van der Waals surface area contributed by atoms with Crippen molar-refractivity contribution in [2.24, 2.45) is 5.92 Å². The van der Waals surface area contributed by atoms with Crippen molar-refractivity contribution in [2.75, 3.05) is 11.9 Å². The molecule has 0 spiro atoms. The number of aromatic nitrogens is 1. The number of amides is 2. The number of benzene rings is 2. The van der Waals surface area contributed by atoms with Crippen LogP contribution >= 0.6 is 11.3 Å². The number of ether oxygens (including phenoxy) is 1. The Morgan fingerprint density at radius 3 is 2.40 bits per heavy atom. The van der Waals surface area contributed by atoms with Crippen LogP contribution < -0.4 is 10.6 Å². The maximum absolute atomic E-state index is 12.6. The summed E-state index contributed by atoms with van der Waals surface area (Å²) in [6.45, 7) is 0.186. The predicted octanol–water partition coefficient (Wildman–Crippen LogP) is 4.88. The molecule has 0 radical (unpaired) electrons. The minimum Gasteiger partial charge on any atom is -0.481 e. The molecule has 9 heteroatoms. The second kappa shape index (κ2) is 9.87. The largest absolute Gasteiger partial charge is 0.481 e. The Labute approximate surface area is 206 Å². The number of nitrogens with zero attached hydrogens (tertiary/aromatic N) is 1. The minimum atomic E-state index is -0.827. The first-order valence-corrected chi connectivity index (χ1v) is 12.5. The van der Waals surface area contributed by atoms with Gasteiger partial charge in [-0.15, -0.1) is 11.3 Å². The normalized spacial score (nSPS) is 18.9. The molecule has 1 heterocycles. The average molecular weight is 492 g/mol. The van der Waals surface area contributed by atoms with Crippen molar-refractivity contribution in [2.45, 2.75) is 37.6 Å². The Morgan fingerprint density at radius 2 is 1.71 bits per heavy atom. The monoisotopic (exact) mass is 491 g/mol. The number of fused-ring (bicyclic) bond motifs is 3. The highest BCUT2D eigenvalue weighted by Crippen LogP contribution is 2.44. The van der Waals surface area contributed by atoms with Crippen LogP contribution in [0.15, 0.2) is 53.9 Å². The van der Waals surface area contributed by atoms with Gasteiger partial charge in [0.25, 0.3) is 5.91 Å². The van der Waals surface area contributed by atoms with Gasteiger partial charge in [-0.05, 0) is 41.5 Å². The highest BCUT2D eigenvalue weighted by atomic mass is 32.1. The van der Waals surface area contributed by atoms with Gasteiger partial charge in [0.05, 0.1) is 5.92 Å². The van der Waals surface area contributed by atoms with Gasteiger partial charge in [-0.2, -0.15) is 0 Å². The van der Waals surface area contributed by atoms with Gasteiger partial charge in [0, 0.05) is 17.3 Å².